The first-order chi connectivity index (χ1) is 11.0. The predicted molar refractivity (Wildman–Crippen MR) is 86.4 cm³/mol. The third-order valence-corrected chi connectivity index (χ3v) is 3.48. The molecule has 0 radical (unpaired) electrons. The van der Waals surface area contributed by atoms with Gasteiger partial charge in [-0.1, -0.05) is 13.8 Å². The van der Waals surface area contributed by atoms with Gasteiger partial charge in [0.1, 0.15) is 5.82 Å². The summed E-state index contributed by atoms with van der Waals surface area (Å²) < 4.78 is 19.7. The van der Waals surface area contributed by atoms with E-state index in [-0.39, 0.29) is 17.6 Å². The first-order valence-corrected chi connectivity index (χ1v) is 7.65. The third-order valence-electron chi connectivity index (χ3n) is 3.48. The van der Waals surface area contributed by atoms with Gasteiger partial charge in [0.2, 0.25) is 0 Å². The molecule has 0 saturated carbocycles. The van der Waals surface area contributed by atoms with Crippen LogP contribution in [0.2, 0.25) is 0 Å². The maximum Gasteiger partial charge on any atom is 0.254 e. The lowest BCUT2D eigenvalue weighted by Gasteiger charge is -2.13. The number of carbonyl (C=O) groups is 1. The van der Waals surface area contributed by atoms with E-state index in [1.54, 1.807) is 30.1 Å². The van der Waals surface area contributed by atoms with Gasteiger partial charge in [0.25, 0.3) is 5.91 Å². The molecular weight excluding hydrogens is 297 g/mol. The van der Waals surface area contributed by atoms with E-state index < -0.39 is 0 Å². The Bertz CT molecular complexity index is 650. The van der Waals surface area contributed by atoms with Gasteiger partial charge in [-0.15, -0.1) is 0 Å². The molecule has 1 aromatic heterocycles. The van der Waals surface area contributed by atoms with Crippen LogP contribution in [0.25, 0.3) is 5.69 Å². The Labute approximate surface area is 135 Å². The van der Waals surface area contributed by atoms with Crippen molar-refractivity contribution in [3.8, 4) is 5.69 Å². The number of amides is 1. The molecule has 0 spiro atoms. The van der Waals surface area contributed by atoms with Crippen LogP contribution in [-0.2, 0) is 4.74 Å². The van der Waals surface area contributed by atoms with Crippen molar-refractivity contribution in [1.29, 1.82) is 0 Å². The van der Waals surface area contributed by atoms with Crippen molar-refractivity contribution in [2.75, 3.05) is 20.3 Å². The van der Waals surface area contributed by atoms with E-state index in [2.05, 4.69) is 10.4 Å². The Kier molecular flexibility index (Phi) is 5.87. The van der Waals surface area contributed by atoms with Crippen LogP contribution in [0.1, 0.15) is 42.2 Å². The molecule has 6 heteroatoms. The summed E-state index contributed by atoms with van der Waals surface area (Å²) in [5, 5.41) is 7.18. The largest absolute Gasteiger partial charge is 0.385 e. The van der Waals surface area contributed by atoms with E-state index in [1.165, 1.54) is 12.1 Å². The first kappa shape index (κ1) is 17.1. The van der Waals surface area contributed by atoms with Crippen LogP contribution in [0.5, 0.6) is 0 Å². The van der Waals surface area contributed by atoms with Crippen molar-refractivity contribution in [3.05, 3.63) is 47.5 Å². The number of methoxy groups -OCH3 is 1. The maximum absolute atomic E-state index is 13.1. The number of hydrogen-bond acceptors (Lipinski definition) is 3. The molecule has 0 fully saturated rings. The van der Waals surface area contributed by atoms with Crippen molar-refractivity contribution in [2.45, 2.75) is 26.2 Å². The van der Waals surface area contributed by atoms with Gasteiger partial charge in [0.15, 0.2) is 0 Å². The predicted octanol–water partition coefficient (Wildman–Crippen LogP) is 2.90. The fraction of sp³-hybridized carbons (Fsp3) is 0.412. The molecule has 124 valence electrons. The monoisotopic (exact) mass is 319 g/mol. The molecule has 0 aliphatic heterocycles. The van der Waals surface area contributed by atoms with Gasteiger partial charge in [0, 0.05) is 20.3 Å². The summed E-state index contributed by atoms with van der Waals surface area (Å²) >= 11 is 0. The second-order valence-electron chi connectivity index (χ2n) is 5.59. The average Bonchev–Trinajstić information content (AvgIpc) is 2.97. The van der Waals surface area contributed by atoms with Gasteiger partial charge in [-0.05, 0) is 36.6 Å². The standard InChI is InChI=1S/C17H22FN3O2/c1-12(2)16-15(17(22)19-9-4-10-23-3)11-20-21(16)14-7-5-13(18)6-8-14/h5-8,11-12H,4,9-10H2,1-3H3,(H,19,22). The van der Waals surface area contributed by atoms with E-state index in [9.17, 15) is 9.18 Å². The van der Waals surface area contributed by atoms with Crippen LogP contribution in [0.4, 0.5) is 4.39 Å². The summed E-state index contributed by atoms with van der Waals surface area (Å²) in [6, 6.07) is 6.06. The van der Waals surface area contributed by atoms with Crippen molar-refractivity contribution >= 4 is 5.91 Å². The van der Waals surface area contributed by atoms with Gasteiger partial charge < -0.3 is 10.1 Å². The minimum Gasteiger partial charge on any atom is -0.385 e. The van der Waals surface area contributed by atoms with Crippen molar-refractivity contribution in [1.82, 2.24) is 15.1 Å². The van der Waals surface area contributed by atoms with Crippen molar-refractivity contribution in [3.63, 3.8) is 0 Å². The van der Waals surface area contributed by atoms with Crippen LogP contribution in [0.3, 0.4) is 0 Å². The quantitative estimate of drug-likeness (QED) is 0.798. The van der Waals surface area contributed by atoms with Crippen LogP contribution in [-0.4, -0.2) is 35.9 Å². The fourth-order valence-corrected chi connectivity index (χ4v) is 2.39. The number of nitrogens with zero attached hydrogens (tertiary/aromatic N) is 2. The lowest BCUT2D eigenvalue weighted by molar-refractivity contribution is 0.0947. The molecule has 1 amide bonds. The van der Waals surface area contributed by atoms with E-state index in [4.69, 9.17) is 4.74 Å². The zero-order chi connectivity index (χ0) is 16.8. The Morgan fingerprint density at radius 3 is 2.65 bits per heavy atom. The van der Waals surface area contributed by atoms with Crippen molar-refractivity contribution in [2.24, 2.45) is 0 Å². The van der Waals surface area contributed by atoms with E-state index in [0.29, 0.717) is 18.7 Å². The van der Waals surface area contributed by atoms with Crippen LogP contribution >= 0.6 is 0 Å². The summed E-state index contributed by atoms with van der Waals surface area (Å²) in [5.41, 5.74) is 2.08. The molecule has 1 aromatic carbocycles. The zero-order valence-corrected chi connectivity index (χ0v) is 13.7. The highest BCUT2D eigenvalue weighted by Crippen LogP contribution is 2.23. The number of halogens is 1. The number of rotatable bonds is 7. The SMILES string of the molecule is COCCCNC(=O)c1cnn(-c2ccc(F)cc2)c1C(C)C. The first-order valence-electron chi connectivity index (χ1n) is 7.65. The molecule has 0 saturated heterocycles. The third kappa shape index (κ3) is 4.16. The molecule has 5 nitrogen and oxygen atoms in total. The number of ether oxygens (including phenoxy) is 1. The topological polar surface area (TPSA) is 56.1 Å². The lowest BCUT2D eigenvalue weighted by atomic mass is 10.0. The number of hydrogen-bond donors (Lipinski definition) is 1. The van der Waals surface area contributed by atoms with E-state index >= 15 is 0 Å². The van der Waals surface area contributed by atoms with Gasteiger partial charge in [-0.25, -0.2) is 9.07 Å². The smallest absolute Gasteiger partial charge is 0.254 e. The molecule has 1 heterocycles. The second-order valence-corrected chi connectivity index (χ2v) is 5.59. The summed E-state index contributed by atoms with van der Waals surface area (Å²) in [6.07, 6.45) is 2.32. The maximum atomic E-state index is 13.1. The Morgan fingerprint density at radius 1 is 1.35 bits per heavy atom. The second kappa shape index (κ2) is 7.87. The molecule has 0 unspecified atom stereocenters. The highest BCUT2D eigenvalue weighted by atomic mass is 19.1. The number of nitrogens with one attached hydrogen (secondary N) is 1. The van der Waals surface area contributed by atoms with E-state index in [0.717, 1.165) is 17.8 Å². The Morgan fingerprint density at radius 2 is 2.04 bits per heavy atom. The van der Waals surface area contributed by atoms with Gasteiger partial charge in [-0.3, -0.25) is 4.79 Å². The van der Waals surface area contributed by atoms with Crippen LogP contribution in [0, 0.1) is 5.82 Å². The molecule has 0 atom stereocenters. The minimum absolute atomic E-state index is 0.0993. The summed E-state index contributed by atoms with van der Waals surface area (Å²) in [5.74, 6) is -0.358. The van der Waals surface area contributed by atoms with E-state index in [1.807, 2.05) is 13.8 Å². The highest BCUT2D eigenvalue weighted by Gasteiger charge is 2.20. The van der Waals surface area contributed by atoms with Crippen LogP contribution < -0.4 is 5.32 Å². The lowest BCUT2D eigenvalue weighted by Crippen LogP contribution is -2.26. The van der Waals surface area contributed by atoms with Crippen LogP contribution in [0.15, 0.2) is 30.5 Å². The molecule has 0 aliphatic carbocycles. The molecule has 0 aliphatic rings. The molecule has 23 heavy (non-hydrogen) atoms. The average molecular weight is 319 g/mol. The van der Waals surface area contributed by atoms with Gasteiger partial charge in [-0.2, -0.15) is 5.10 Å². The summed E-state index contributed by atoms with van der Waals surface area (Å²) in [7, 11) is 1.63. The van der Waals surface area contributed by atoms with Crippen molar-refractivity contribution < 1.29 is 13.9 Å². The Balaban J connectivity index is 2.24. The number of benzene rings is 1. The fourth-order valence-electron chi connectivity index (χ4n) is 2.39. The molecule has 1 N–H and O–H groups in total. The Hall–Kier alpha value is -2.21. The summed E-state index contributed by atoms with van der Waals surface area (Å²) in [6.45, 7) is 5.15. The number of carbonyl (C=O) groups excluding carboxylic acids is 1. The molecular formula is C17H22FN3O2. The number of aromatic nitrogens is 2. The molecule has 2 rings (SSSR count). The molecule has 2 aromatic rings. The highest BCUT2D eigenvalue weighted by molar-refractivity contribution is 5.95. The normalized spacial score (nSPS) is 11.0. The summed E-state index contributed by atoms with van der Waals surface area (Å²) in [4.78, 5) is 12.4. The molecule has 0 bridgehead atoms. The zero-order valence-electron chi connectivity index (χ0n) is 13.7. The van der Waals surface area contributed by atoms with Gasteiger partial charge in [0.05, 0.1) is 23.1 Å². The minimum atomic E-state index is -0.303. The van der Waals surface area contributed by atoms with Gasteiger partial charge >= 0.3 is 0 Å².